The number of thiophene rings is 1. The van der Waals surface area contributed by atoms with Crippen LogP contribution in [0.25, 0.3) is 0 Å². The minimum absolute atomic E-state index is 0.194. The van der Waals surface area contributed by atoms with Crippen LogP contribution in [0.3, 0.4) is 0 Å². The van der Waals surface area contributed by atoms with Crippen molar-refractivity contribution in [3.63, 3.8) is 0 Å². The maximum absolute atomic E-state index is 11.3. The van der Waals surface area contributed by atoms with Crippen LogP contribution in [0.5, 0.6) is 0 Å². The Morgan fingerprint density at radius 2 is 2.22 bits per heavy atom. The van der Waals surface area contributed by atoms with Crippen LogP contribution in [-0.2, 0) is 6.54 Å². The van der Waals surface area contributed by atoms with E-state index < -0.39 is 5.97 Å². The number of anilines is 1. The third-order valence-corrected chi connectivity index (χ3v) is 3.55. The predicted octanol–water partition coefficient (Wildman–Crippen LogP) is 2.47. The number of aryl methyl sites for hydroxylation is 1. The summed E-state index contributed by atoms with van der Waals surface area (Å²) in [5.74, 6) is -0.668. The first kappa shape index (κ1) is 12.5. The molecule has 0 radical (unpaired) electrons. The van der Waals surface area contributed by atoms with E-state index in [1.165, 1.54) is 0 Å². The van der Waals surface area contributed by atoms with Crippen molar-refractivity contribution in [3.8, 4) is 0 Å². The van der Waals surface area contributed by atoms with Gasteiger partial charge < -0.3 is 10.4 Å². The van der Waals surface area contributed by atoms with Gasteiger partial charge >= 0.3 is 5.97 Å². The summed E-state index contributed by atoms with van der Waals surface area (Å²) >= 11 is 1.61. The number of nitrogens with zero attached hydrogens (tertiary/aromatic N) is 2. The van der Waals surface area contributed by atoms with Gasteiger partial charge in [-0.25, -0.2) is 4.79 Å². The smallest absolute Gasteiger partial charge is 0.339 e. The van der Waals surface area contributed by atoms with E-state index in [4.69, 9.17) is 0 Å². The highest BCUT2D eigenvalue weighted by molar-refractivity contribution is 7.09. The zero-order valence-electron chi connectivity index (χ0n) is 10.1. The number of hydrogen-bond donors (Lipinski definition) is 2. The Balaban J connectivity index is 2.27. The number of rotatable bonds is 4. The lowest BCUT2D eigenvalue weighted by atomic mass is 10.1. The molecule has 0 atom stereocenters. The molecule has 0 bridgehead atoms. The Kier molecular flexibility index (Phi) is 3.57. The summed E-state index contributed by atoms with van der Waals surface area (Å²) in [5.41, 5.74) is 1.47. The first-order chi connectivity index (χ1) is 8.59. The SMILES string of the molecule is Cc1nnc(NCc2cccs2)c(C(=O)O)c1C. The van der Waals surface area contributed by atoms with Gasteiger partial charge in [0.1, 0.15) is 5.56 Å². The third-order valence-electron chi connectivity index (χ3n) is 2.68. The lowest BCUT2D eigenvalue weighted by Gasteiger charge is -2.10. The van der Waals surface area contributed by atoms with Crippen molar-refractivity contribution in [2.75, 3.05) is 5.32 Å². The summed E-state index contributed by atoms with van der Waals surface area (Å²) in [6, 6.07) is 3.93. The van der Waals surface area contributed by atoms with Crippen LogP contribution in [0.1, 0.15) is 26.5 Å². The molecule has 2 heterocycles. The maximum atomic E-state index is 11.3. The number of carboxylic acids is 1. The normalized spacial score (nSPS) is 10.3. The lowest BCUT2D eigenvalue weighted by molar-refractivity contribution is 0.0696. The van der Waals surface area contributed by atoms with E-state index in [0.29, 0.717) is 23.6 Å². The number of aromatic nitrogens is 2. The van der Waals surface area contributed by atoms with Gasteiger partial charge in [0.2, 0.25) is 0 Å². The first-order valence-corrected chi connectivity index (χ1v) is 6.31. The Hall–Kier alpha value is -1.95. The maximum Gasteiger partial charge on any atom is 0.339 e. The van der Waals surface area contributed by atoms with Crippen molar-refractivity contribution in [1.29, 1.82) is 0 Å². The van der Waals surface area contributed by atoms with E-state index in [2.05, 4.69) is 15.5 Å². The number of aromatic carboxylic acids is 1. The van der Waals surface area contributed by atoms with Gasteiger partial charge in [-0.1, -0.05) is 6.07 Å². The van der Waals surface area contributed by atoms with Crippen molar-refractivity contribution in [1.82, 2.24) is 10.2 Å². The summed E-state index contributed by atoms with van der Waals surface area (Å²) in [7, 11) is 0. The van der Waals surface area contributed by atoms with Gasteiger partial charge in [-0.05, 0) is 30.9 Å². The fourth-order valence-corrected chi connectivity index (χ4v) is 2.22. The van der Waals surface area contributed by atoms with E-state index in [9.17, 15) is 9.90 Å². The zero-order chi connectivity index (χ0) is 13.1. The standard InChI is InChI=1S/C12H13N3O2S/c1-7-8(2)14-15-11(10(7)12(16)17)13-6-9-4-3-5-18-9/h3-5H,6H2,1-2H3,(H,13,15)(H,16,17). The second kappa shape index (κ2) is 5.14. The van der Waals surface area contributed by atoms with Gasteiger partial charge in [-0.15, -0.1) is 16.4 Å². The molecule has 0 spiro atoms. The fraction of sp³-hybridized carbons (Fsp3) is 0.250. The van der Waals surface area contributed by atoms with Crippen LogP contribution < -0.4 is 5.32 Å². The van der Waals surface area contributed by atoms with Gasteiger partial charge in [-0.3, -0.25) is 0 Å². The summed E-state index contributed by atoms with van der Waals surface area (Å²) in [4.78, 5) is 12.4. The molecule has 0 amide bonds. The molecule has 0 unspecified atom stereocenters. The Bertz CT molecular complexity index is 567. The molecule has 5 nitrogen and oxygen atoms in total. The van der Waals surface area contributed by atoms with Crippen LogP contribution in [0.15, 0.2) is 17.5 Å². The Morgan fingerprint density at radius 3 is 2.83 bits per heavy atom. The van der Waals surface area contributed by atoms with Crippen LogP contribution in [0.2, 0.25) is 0 Å². The lowest BCUT2D eigenvalue weighted by Crippen LogP contribution is -2.12. The molecule has 2 aromatic rings. The molecular weight excluding hydrogens is 250 g/mol. The van der Waals surface area contributed by atoms with E-state index in [-0.39, 0.29) is 5.56 Å². The molecule has 0 aliphatic rings. The molecular formula is C12H13N3O2S. The fourth-order valence-electron chi connectivity index (χ4n) is 1.58. The summed E-state index contributed by atoms with van der Waals surface area (Å²) < 4.78 is 0. The Labute approximate surface area is 109 Å². The van der Waals surface area contributed by atoms with Gasteiger partial charge in [0.25, 0.3) is 0 Å². The zero-order valence-corrected chi connectivity index (χ0v) is 10.9. The van der Waals surface area contributed by atoms with Crippen LogP contribution in [0.4, 0.5) is 5.82 Å². The van der Waals surface area contributed by atoms with Crippen LogP contribution in [-0.4, -0.2) is 21.3 Å². The van der Waals surface area contributed by atoms with Crippen LogP contribution in [0, 0.1) is 13.8 Å². The molecule has 18 heavy (non-hydrogen) atoms. The highest BCUT2D eigenvalue weighted by Crippen LogP contribution is 2.19. The topological polar surface area (TPSA) is 75.1 Å². The van der Waals surface area contributed by atoms with Crippen molar-refractivity contribution in [2.24, 2.45) is 0 Å². The number of carbonyl (C=O) groups is 1. The summed E-state index contributed by atoms with van der Waals surface area (Å²) in [5, 5.41) is 22.1. The van der Waals surface area contributed by atoms with Crippen molar-refractivity contribution >= 4 is 23.1 Å². The van der Waals surface area contributed by atoms with Crippen LogP contribution >= 0.6 is 11.3 Å². The molecule has 0 aliphatic carbocycles. The molecule has 0 aromatic carbocycles. The first-order valence-electron chi connectivity index (χ1n) is 5.43. The molecule has 6 heteroatoms. The second-order valence-electron chi connectivity index (χ2n) is 3.87. The average molecular weight is 263 g/mol. The van der Waals surface area contributed by atoms with Crippen molar-refractivity contribution < 1.29 is 9.90 Å². The molecule has 2 aromatic heterocycles. The molecule has 2 N–H and O–H groups in total. The molecule has 0 saturated heterocycles. The highest BCUT2D eigenvalue weighted by Gasteiger charge is 2.17. The molecule has 94 valence electrons. The van der Waals surface area contributed by atoms with E-state index >= 15 is 0 Å². The Morgan fingerprint density at radius 1 is 1.44 bits per heavy atom. The average Bonchev–Trinajstić information content (AvgIpc) is 2.83. The molecule has 0 saturated carbocycles. The molecule has 0 aliphatic heterocycles. The van der Waals surface area contributed by atoms with Gasteiger partial charge in [0.05, 0.1) is 12.2 Å². The second-order valence-corrected chi connectivity index (χ2v) is 4.90. The predicted molar refractivity (Wildman–Crippen MR) is 70.1 cm³/mol. The molecule has 2 rings (SSSR count). The number of carboxylic acid groups (broad SMARTS) is 1. The van der Waals surface area contributed by atoms with E-state index in [1.807, 2.05) is 17.5 Å². The third kappa shape index (κ3) is 2.48. The van der Waals surface area contributed by atoms with Crippen molar-refractivity contribution in [3.05, 3.63) is 39.2 Å². The molecule has 0 fully saturated rings. The van der Waals surface area contributed by atoms with E-state index in [1.54, 1.807) is 25.2 Å². The largest absolute Gasteiger partial charge is 0.478 e. The monoisotopic (exact) mass is 263 g/mol. The minimum Gasteiger partial charge on any atom is -0.478 e. The van der Waals surface area contributed by atoms with E-state index in [0.717, 1.165) is 4.88 Å². The minimum atomic E-state index is -0.987. The number of hydrogen-bond acceptors (Lipinski definition) is 5. The van der Waals surface area contributed by atoms with Gasteiger partial charge in [0.15, 0.2) is 5.82 Å². The van der Waals surface area contributed by atoms with Gasteiger partial charge in [-0.2, -0.15) is 5.10 Å². The quantitative estimate of drug-likeness (QED) is 0.886. The number of nitrogens with one attached hydrogen (secondary N) is 1. The van der Waals surface area contributed by atoms with Gasteiger partial charge in [0, 0.05) is 4.88 Å². The summed E-state index contributed by atoms with van der Waals surface area (Å²) in [6.07, 6.45) is 0. The van der Waals surface area contributed by atoms with Crippen molar-refractivity contribution in [2.45, 2.75) is 20.4 Å². The highest BCUT2D eigenvalue weighted by atomic mass is 32.1. The summed E-state index contributed by atoms with van der Waals surface area (Å²) in [6.45, 7) is 4.04.